The fourth-order valence-electron chi connectivity index (χ4n) is 1.78. The summed E-state index contributed by atoms with van der Waals surface area (Å²) in [5, 5.41) is 3.27. The van der Waals surface area contributed by atoms with Gasteiger partial charge in [0.15, 0.2) is 0 Å². The summed E-state index contributed by atoms with van der Waals surface area (Å²) in [5.74, 6) is -0.176. The molecule has 6 heteroatoms. The first-order valence-corrected chi connectivity index (χ1v) is 6.12. The summed E-state index contributed by atoms with van der Waals surface area (Å²) in [6.45, 7) is 2.36. The molecule has 0 unspecified atom stereocenters. The van der Waals surface area contributed by atoms with Gasteiger partial charge in [0, 0.05) is 31.0 Å². The van der Waals surface area contributed by atoms with Gasteiger partial charge in [0.05, 0.1) is 19.7 Å². The van der Waals surface area contributed by atoms with E-state index in [9.17, 15) is 4.79 Å². The quantitative estimate of drug-likeness (QED) is 0.604. The Labute approximate surface area is 111 Å². The Kier molecular flexibility index (Phi) is 4.74. The summed E-state index contributed by atoms with van der Waals surface area (Å²) in [4.78, 5) is 15.4. The predicted octanol–water partition coefficient (Wildman–Crippen LogP) is 1.44. The van der Waals surface area contributed by atoms with Crippen LogP contribution in [0.2, 0.25) is 0 Å². The van der Waals surface area contributed by atoms with Gasteiger partial charge in [-0.2, -0.15) is 0 Å². The highest BCUT2D eigenvalue weighted by Crippen LogP contribution is 2.11. The third-order valence-corrected chi connectivity index (χ3v) is 2.76. The SMILES string of the molecule is COC(=O)c1occc1CNCCCn1ccnc1. The van der Waals surface area contributed by atoms with Gasteiger partial charge < -0.3 is 19.0 Å². The number of rotatable bonds is 7. The number of carbonyl (C=O) groups excluding carboxylic acids is 1. The summed E-state index contributed by atoms with van der Waals surface area (Å²) >= 11 is 0. The number of aromatic nitrogens is 2. The molecule has 0 radical (unpaired) electrons. The van der Waals surface area contributed by atoms with E-state index in [2.05, 4.69) is 15.0 Å². The molecule has 6 nitrogen and oxygen atoms in total. The van der Waals surface area contributed by atoms with Gasteiger partial charge in [0.1, 0.15) is 0 Å². The molecule has 1 N–H and O–H groups in total. The third kappa shape index (κ3) is 3.69. The minimum Gasteiger partial charge on any atom is -0.463 e. The Bertz CT molecular complexity index is 505. The molecular formula is C13H17N3O3. The molecule has 0 aliphatic rings. The molecule has 2 aromatic heterocycles. The van der Waals surface area contributed by atoms with E-state index in [1.807, 2.05) is 10.8 Å². The minimum absolute atomic E-state index is 0.268. The van der Waals surface area contributed by atoms with Gasteiger partial charge in [-0.3, -0.25) is 0 Å². The molecule has 19 heavy (non-hydrogen) atoms. The Hall–Kier alpha value is -2.08. The van der Waals surface area contributed by atoms with Crippen LogP contribution < -0.4 is 5.32 Å². The van der Waals surface area contributed by atoms with Gasteiger partial charge in [0.2, 0.25) is 5.76 Å². The van der Waals surface area contributed by atoms with E-state index >= 15 is 0 Å². The number of hydrogen-bond acceptors (Lipinski definition) is 5. The van der Waals surface area contributed by atoms with E-state index in [0.29, 0.717) is 6.54 Å². The van der Waals surface area contributed by atoms with Crippen molar-refractivity contribution in [3.63, 3.8) is 0 Å². The van der Waals surface area contributed by atoms with E-state index in [1.54, 1.807) is 18.6 Å². The standard InChI is InChI=1S/C13H17N3O3/c1-18-13(17)12-11(3-8-19-12)9-14-4-2-6-16-7-5-15-10-16/h3,5,7-8,10,14H,2,4,6,9H2,1H3. The summed E-state index contributed by atoms with van der Waals surface area (Å²) in [5.41, 5.74) is 0.814. The Morgan fingerprint density at radius 1 is 1.58 bits per heavy atom. The fraction of sp³-hybridized carbons (Fsp3) is 0.385. The first-order chi connectivity index (χ1) is 9.31. The monoisotopic (exact) mass is 263 g/mol. The lowest BCUT2D eigenvalue weighted by Gasteiger charge is -2.05. The second-order valence-electron chi connectivity index (χ2n) is 4.10. The molecule has 0 atom stereocenters. The highest BCUT2D eigenvalue weighted by molar-refractivity contribution is 5.87. The van der Waals surface area contributed by atoms with Crippen molar-refractivity contribution in [2.75, 3.05) is 13.7 Å². The van der Waals surface area contributed by atoms with Crippen molar-refractivity contribution in [3.8, 4) is 0 Å². The summed E-state index contributed by atoms with van der Waals surface area (Å²) in [7, 11) is 1.34. The van der Waals surface area contributed by atoms with Gasteiger partial charge in [-0.25, -0.2) is 9.78 Å². The van der Waals surface area contributed by atoms with Crippen LogP contribution in [0.3, 0.4) is 0 Å². The molecule has 2 heterocycles. The lowest BCUT2D eigenvalue weighted by atomic mass is 10.2. The van der Waals surface area contributed by atoms with Crippen molar-refractivity contribution >= 4 is 5.97 Å². The van der Waals surface area contributed by atoms with Crippen LogP contribution in [0, 0.1) is 0 Å². The van der Waals surface area contributed by atoms with Crippen molar-refractivity contribution < 1.29 is 13.9 Å². The molecule has 0 aromatic carbocycles. The zero-order valence-electron chi connectivity index (χ0n) is 10.8. The second kappa shape index (κ2) is 6.75. The average molecular weight is 263 g/mol. The summed E-state index contributed by atoms with van der Waals surface area (Å²) < 4.78 is 11.8. The molecular weight excluding hydrogens is 246 g/mol. The number of hydrogen-bond donors (Lipinski definition) is 1. The fourth-order valence-corrected chi connectivity index (χ4v) is 1.78. The van der Waals surface area contributed by atoms with Crippen LogP contribution in [0.15, 0.2) is 35.5 Å². The molecule has 0 spiro atoms. The van der Waals surface area contributed by atoms with Crippen LogP contribution in [0.4, 0.5) is 0 Å². The maximum atomic E-state index is 11.4. The molecule has 2 rings (SSSR count). The number of ether oxygens (including phenoxy) is 1. The zero-order chi connectivity index (χ0) is 13.5. The van der Waals surface area contributed by atoms with Crippen LogP contribution in [0.25, 0.3) is 0 Å². The largest absolute Gasteiger partial charge is 0.463 e. The van der Waals surface area contributed by atoms with Crippen LogP contribution in [0.1, 0.15) is 22.5 Å². The van der Waals surface area contributed by atoms with Crippen LogP contribution >= 0.6 is 0 Å². The molecule has 0 aliphatic carbocycles. The van der Waals surface area contributed by atoms with E-state index in [1.165, 1.54) is 13.4 Å². The van der Waals surface area contributed by atoms with Crippen LogP contribution in [-0.4, -0.2) is 29.2 Å². The van der Waals surface area contributed by atoms with Gasteiger partial charge in [-0.15, -0.1) is 0 Å². The predicted molar refractivity (Wildman–Crippen MR) is 68.6 cm³/mol. The van der Waals surface area contributed by atoms with Gasteiger partial charge in [0.25, 0.3) is 0 Å². The third-order valence-electron chi connectivity index (χ3n) is 2.76. The Balaban J connectivity index is 1.71. The maximum absolute atomic E-state index is 11.4. The van der Waals surface area contributed by atoms with Crippen molar-refractivity contribution in [1.82, 2.24) is 14.9 Å². The number of esters is 1. The molecule has 0 saturated heterocycles. The lowest BCUT2D eigenvalue weighted by molar-refractivity contribution is 0.0563. The van der Waals surface area contributed by atoms with Crippen LogP contribution in [-0.2, 0) is 17.8 Å². The zero-order valence-corrected chi connectivity index (χ0v) is 10.8. The summed E-state index contributed by atoms with van der Waals surface area (Å²) in [6, 6.07) is 1.77. The number of nitrogens with zero attached hydrogens (tertiary/aromatic N) is 2. The van der Waals surface area contributed by atoms with Crippen LogP contribution in [0.5, 0.6) is 0 Å². The first kappa shape index (κ1) is 13.4. The number of nitrogens with one attached hydrogen (secondary N) is 1. The van der Waals surface area contributed by atoms with E-state index in [0.717, 1.165) is 25.1 Å². The van der Waals surface area contributed by atoms with Crippen molar-refractivity contribution in [3.05, 3.63) is 42.4 Å². The lowest BCUT2D eigenvalue weighted by Crippen LogP contribution is -2.17. The Morgan fingerprint density at radius 2 is 2.47 bits per heavy atom. The molecule has 102 valence electrons. The van der Waals surface area contributed by atoms with Crippen molar-refractivity contribution in [1.29, 1.82) is 0 Å². The smallest absolute Gasteiger partial charge is 0.374 e. The number of aryl methyl sites for hydroxylation is 1. The number of methoxy groups -OCH3 is 1. The van der Waals surface area contributed by atoms with Crippen molar-refractivity contribution in [2.45, 2.75) is 19.5 Å². The van der Waals surface area contributed by atoms with E-state index in [-0.39, 0.29) is 5.76 Å². The highest BCUT2D eigenvalue weighted by atomic mass is 16.5. The van der Waals surface area contributed by atoms with Gasteiger partial charge >= 0.3 is 5.97 Å². The number of imidazole rings is 1. The molecule has 0 aliphatic heterocycles. The summed E-state index contributed by atoms with van der Waals surface area (Å²) in [6.07, 6.45) is 7.98. The number of carbonyl (C=O) groups is 1. The normalized spacial score (nSPS) is 10.6. The second-order valence-corrected chi connectivity index (χ2v) is 4.10. The average Bonchev–Trinajstić information content (AvgIpc) is 3.08. The van der Waals surface area contributed by atoms with E-state index < -0.39 is 5.97 Å². The molecule has 0 fully saturated rings. The highest BCUT2D eigenvalue weighted by Gasteiger charge is 2.14. The van der Waals surface area contributed by atoms with Crippen molar-refractivity contribution in [2.24, 2.45) is 0 Å². The van der Waals surface area contributed by atoms with Gasteiger partial charge in [-0.1, -0.05) is 0 Å². The van der Waals surface area contributed by atoms with E-state index in [4.69, 9.17) is 4.42 Å². The molecule has 0 bridgehead atoms. The maximum Gasteiger partial charge on any atom is 0.374 e. The molecule has 0 amide bonds. The number of furan rings is 1. The molecule has 0 saturated carbocycles. The Morgan fingerprint density at radius 3 is 3.21 bits per heavy atom. The molecule has 2 aromatic rings. The van der Waals surface area contributed by atoms with Gasteiger partial charge in [-0.05, 0) is 19.0 Å². The first-order valence-electron chi connectivity index (χ1n) is 6.12. The topological polar surface area (TPSA) is 69.3 Å². The minimum atomic E-state index is -0.444.